The Labute approximate surface area is 322 Å². The SMILES string of the molecule is NC(=O)N(CCOCCOCCN(C(N)=O)C1CCC(CCN2[C@@H]3CC[C@H]2c2ccccc23)CC1)C1CCC(CCN2[C@@H]3CC[C@H]2c2ccccc23)CC1. The highest BCUT2D eigenvalue weighted by molar-refractivity contribution is 5.72. The summed E-state index contributed by atoms with van der Waals surface area (Å²) in [5.74, 6) is 1.43. The molecule has 2 aromatic carbocycles. The third kappa shape index (κ3) is 8.04. The topological polar surface area (TPSA) is 118 Å². The molecule has 4 N–H and O–H groups in total. The van der Waals surface area contributed by atoms with Crippen LogP contribution >= 0.6 is 0 Å². The van der Waals surface area contributed by atoms with E-state index < -0.39 is 0 Å². The summed E-state index contributed by atoms with van der Waals surface area (Å²) >= 11 is 0. The highest BCUT2D eigenvalue weighted by Crippen LogP contribution is 2.54. The van der Waals surface area contributed by atoms with Crippen LogP contribution in [0.1, 0.15) is 136 Å². The Bertz CT molecular complexity index is 1400. The van der Waals surface area contributed by atoms with Crippen molar-refractivity contribution in [3.8, 4) is 0 Å². The quantitative estimate of drug-likeness (QED) is 0.163. The maximum Gasteiger partial charge on any atom is 0.315 e. The van der Waals surface area contributed by atoms with Crippen LogP contribution < -0.4 is 11.5 Å². The van der Waals surface area contributed by atoms with Gasteiger partial charge in [-0.3, -0.25) is 9.80 Å². The molecule has 54 heavy (non-hydrogen) atoms. The van der Waals surface area contributed by atoms with Crippen LogP contribution in [0.15, 0.2) is 48.5 Å². The van der Waals surface area contributed by atoms with E-state index in [2.05, 4.69) is 58.3 Å². The number of nitrogens with zero attached hydrogens (tertiary/aromatic N) is 4. The monoisotopic (exact) mass is 740 g/mol. The van der Waals surface area contributed by atoms with Gasteiger partial charge in [-0.1, -0.05) is 48.5 Å². The summed E-state index contributed by atoms with van der Waals surface area (Å²) in [6.07, 6.45) is 16.3. The zero-order valence-electron chi connectivity index (χ0n) is 32.4. The van der Waals surface area contributed by atoms with Crippen LogP contribution in [0.3, 0.4) is 0 Å². The molecule has 2 aliphatic carbocycles. The van der Waals surface area contributed by atoms with Crippen molar-refractivity contribution in [1.82, 2.24) is 19.6 Å². The Kier molecular flexibility index (Phi) is 12.1. The normalized spacial score (nSPS) is 30.0. The first-order valence-electron chi connectivity index (χ1n) is 21.4. The number of hydrogen-bond acceptors (Lipinski definition) is 6. The van der Waals surface area contributed by atoms with E-state index in [4.69, 9.17) is 20.9 Å². The molecule has 4 amide bonds. The Balaban J connectivity index is 0.672. The number of nitrogens with two attached hydrogens (primary N) is 2. The van der Waals surface area contributed by atoms with Crippen molar-refractivity contribution >= 4 is 12.1 Å². The minimum absolute atomic E-state index is 0.193. The van der Waals surface area contributed by atoms with E-state index in [1.54, 1.807) is 22.3 Å². The fourth-order valence-electron chi connectivity index (χ4n) is 11.7. The van der Waals surface area contributed by atoms with Crippen molar-refractivity contribution in [2.24, 2.45) is 23.3 Å². The van der Waals surface area contributed by atoms with Gasteiger partial charge >= 0.3 is 12.1 Å². The number of primary amides is 2. The van der Waals surface area contributed by atoms with Crippen molar-refractivity contribution in [1.29, 1.82) is 0 Å². The molecule has 0 radical (unpaired) electrons. The van der Waals surface area contributed by atoms with Crippen molar-refractivity contribution in [3.05, 3.63) is 70.8 Å². The fourth-order valence-corrected chi connectivity index (χ4v) is 11.7. The van der Waals surface area contributed by atoms with E-state index in [9.17, 15) is 9.59 Å². The van der Waals surface area contributed by atoms with E-state index in [0.717, 1.165) is 51.4 Å². The van der Waals surface area contributed by atoms with Gasteiger partial charge in [0.15, 0.2) is 0 Å². The number of carbonyl (C=O) groups is 2. The molecule has 8 rings (SSSR count). The first-order chi connectivity index (χ1) is 26.5. The Morgan fingerprint density at radius 1 is 0.519 bits per heavy atom. The average Bonchev–Trinajstić information content (AvgIpc) is 3.96. The van der Waals surface area contributed by atoms with Crippen LogP contribution in [-0.2, 0) is 9.47 Å². The van der Waals surface area contributed by atoms with Crippen LogP contribution in [-0.4, -0.2) is 96.4 Å². The van der Waals surface area contributed by atoms with E-state index in [0.29, 0.717) is 75.5 Å². The Hall–Kier alpha value is -3.18. The third-order valence-electron chi connectivity index (χ3n) is 14.5. The van der Waals surface area contributed by atoms with Gasteiger partial charge in [-0.25, -0.2) is 9.59 Å². The number of urea groups is 2. The molecule has 294 valence electrons. The fraction of sp³-hybridized carbons (Fsp3) is 0.682. The van der Waals surface area contributed by atoms with Gasteiger partial charge in [0.1, 0.15) is 0 Å². The predicted molar refractivity (Wildman–Crippen MR) is 211 cm³/mol. The lowest BCUT2D eigenvalue weighted by molar-refractivity contribution is 0.0272. The molecular weight excluding hydrogens is 677 g/mol. The summed E-state index contributed by atoms with van der Waals surface area (Å²) < 4.78 is 11.7. The summed E-state index contributed by atoms with van der Waals surface area (Å²) in [5, 5.41) is 0. The number of amides is 4. The zero-order valence-corrected chi connectivity index (χ0v) is 32.4. The molecule has 2 saturated carbocycles. The lowest BCUT2D eigenvalue weighted by atomic mass is 9.83. The summed E-state index contributed by atoms with van der Waals surface area (Å²) in [5.41, 5.74) is 17.9. The molecule has 4 fully saturated rings. The Morgan fingerprint density at radius 2 is 0.852 bits per heavy atom. The number of ether oxygens (including phenoxy) is 2. The molecule has 0 spiro atoms. The van der Waals surface area contributed by atoms with Gasteiger partial charge < -0.3 is 30.7 Å². The number of fused-ring (bicyclic) bond motifs is 10. The zero-order chi connectivity index (χ0) is 37.0. The van der Waals surface area contributed by atoms with E-state index in [-0.39, 0.29) is 24.1 Å². The smallest absolute Gasteiger partial charge is 0.315 e. The second kappa shape index (κ2) is 17.3. The van der Waals surface area contributed by atoms with Crippen LogP contribution in [0.25, 0.3) is 0 Å². The number of rotatable bonds is 17. The van der Waals surface area contributed by atoms with Gasteiger partial charge in [0, 0.05) is 49.3 Å². The lowest BCUT2D eigenvalue weighted by Crippen LogP contribution is -2.47. The predicted octanol–water partition coefficient (Wildman–Crippen LogP) is 7.46. The maximum atomic E-state index is 12.4. The van der Waals surface area contributed by atoms with Crippen LogP contribution in [0, 0.1) is 11.8 Å². The number of benzene rings is 2. The molecule has 4 aliphatic heterocycles. The van der Waals surface area contributed by atoms with Gasteiger partial charge in [0.05, 0.1) is 26.4 Å². The molecule has 2 aromatic rings. The van der Waals surface area contributed by atoms with E-state index in [1.165, 1.54) is 51.6 Å². The van der Waals surface area contributed by atoms with Gasteiger partial charge in [-0.05, 0) is 137 Å². The first-order valence-corrected chi connectivity index (χ1v) is 21.4. The molecule has 4 heterocycles. The molecule has 4 atom stereocenters. The molecule has 0 aromatic heterocycles. The summed E-state index contributed by atoms with van der Waals surface area (Å²) in [7, 11) is 0. The van der Waals surface area contributed by atoms with E-state index >= 15 is 0 Å². The third-order valence-corrected chi connectivity index (χ3v) is 14.5. The number of carbonyl (C=O) groups excluding carboxylic acids is 2. The second-order valence-corrected chi connectivity index (χ2v) is 17.2. The molecule has 10 nitrogen and oxygen atoms in total. The van der Waals surface area contributed by atoms with Crippen molar-refractivity contribution in [2.45, 2.75) is 126 Å². The molecule has 10 heteroatoms. The highest BCUT2D eigenvalue weighted by atomic mass is 16.5. The van der Waals surface area contributed by atoms with Crippen LogP contribution in [0.2, 0.25) is 0 Å². The largest absolute Gasteiger partial charge is 0.377 e. The Morgan fingerprint density at radius 3 is 1.17 bits per heavy atom. The van der Waals surface area contributed by atoms with Crippen molar-refractivity contribution < 1.29 is 19.1 Å². The molecule has 2 saturated heterocycles. The van der Waals surface area contributed by atoms with Crippen molar-refractivity contribution in [3.63, 3.8) is 0 Å². The van der Waals surface area contributed by atoms with E-state index in [1.807, 2.05) is 9.80 Å². The standard InChI is InChI=1S/C44H64N6O4/c45-43(51)47(33-13-9-31(10-14-33)21-23-49-39-17-18-40(49)36-6-2-1-5-35(36)39)25-27-53-29-30-54-28-26-48(44(46)52)34-15-11-32(12-16-34)22-24-50-41-19-20-42(50)38-8-4-3-7-37(38)41/h1-8,31-34,39-42H,9-30H2,(H2,45,51)(H2,46,52)/t31?,32?,33?,34?,39-,40+,41-,42+. The van der Waals surface area contributed by atoms with Crippen LogP contribution in [0.5, 0.6) is 0 Å². The lowest BCUT2D eigenvalue weighted by Gasteiger charge is -2.37. The highest BCUT2D eigenvalue weighted by Gasteiger charge is 2.44. The maximum absolute atomic E-state index is 12.4. The minimum atomic E-state index is -0.352. The number of hydrogen-bond donors (Lipinski definition) is 2. The minimum Gasteiger partial charge on any atom is -0.377 e. The van der Waals surface area contributed by atoms with Gasteiger partial charge in [0.2, 0.25) is 0 Å². The molecular formula is C44H64N6O4. The second-order valence-electron chi connectivity index (χ2n) is 17.2. The van der Waals surface area contributed by atoms with Gasteiger partial charge in [-0.2, -0.15) is 0 Å². The van der Waals surface area contributed by atoms with Crippen molar-refractivity contribution in [2.75, 3.05) is 52.6 Å². The summed E-state index contributed by atoms with van der Waals surface area (Å²) in [4.78, 5) is 34.0. The van der Waals surface area contributed by atoms with Crippen LogP contribution in [0.4, 0.5) is 9.59 Å². The molecule has 0 unspecified atom stereocenters. The molecule has 4 bridgehead atoms. The molecule has 6 aliphatic rings. The summed E-state index contributed by atoms with van der Waals surface area (Å²) in [6, 6.07) is 20.2. The van der Waals surface area contributed by atoms with Gasteiger partial charge in [0.25, 0.3) is 0 Å². The first kappa shape index (κ1) is 37.7. The average molecular weight is 741 g/mol. The van der Waals surface area contributed by atoms with Gasteiger partial charge in [-0.15, -0.1) is 0 Å². The summed E-state index contributed by atoms with van der Waals surface area (Å²) in [6.45, 7) is 5.11.